The molecule has 1 fully saturated rings. The maximum Gasteiger partial charge on any atom is 0.407 e. The van der Waals surface area contributed by atoms with Crippen molar-refractivity contribution in [3.8, 4) is 0 Å². The number of ether oxygens (including phenoxy) is 1. The van der Waals surface area contributed by atoms with Crippen LogP contribution in [0.25, 0.3) is 5.65 Å². The summed E-state index contributed by atoms with van der Waals surface area (Å²) in [6.07, 6.45) is 6.86. The predicted octanol–water partition coefficient (Wildman–Crippen LogP) is 2.66. The SMILES string of the molecule is C[C@H](CCn1nncc1[C@H]1CCCN1c1ccn2ncc(C(=O)O)c2n1)NC(=O)OC(C)(C)C. The number of alkyl carbamates (subject to hydrolysis) is 1. The number of aromatic carboxylic acids is 1. The topological polar surface area (TPSA) is 140 Å². The first-order chi connectivity index (χ1) is 16.1. The minimum absolute atomic E-state index is 0.00951. The van der Waals surface area contributed by atoms with Gasteiger partial charge in [-0.25, -0.2) is 23.8 Å². The molecule has 0 radical (unpaired) electrons. The third-order valence-corrected chi connectivity index (χ3v) is 5.66. The van der Waals surface area contributed by atoms with Crippen LogP contribution in [0.4, 0.5) is 10.6 Å². The number of aromatic nitrogens is 6. The van der Waals surface area contributed by atoms with Crippen LogP contribution < -0.4 is 10.2 Å². The number of carbonyl (C=O) groups is 2. The minimum Gasteiger partial charge on any atom is -0.477 e. The molecule has 0 aromatic carbocycles. The highest BCUT2D eigenvalue weighted by Crippen LogP contribution is 2.35. The van der Waals surface area contributed by atoms with Gasteiger partial charge in [-0.15, -0.1) is 5.10 Å². The maximum atomic E-state index is 12.0. The second-order valence-corrected chi connectivity index (χ2v) is 9.49. The van der Waals surface area contributed by atoms with E-state index in [2.05, 4.69) is 30.6 Å². The summed E-state index contributed by atoms with van der Waals surface area (Å²) in [7, 11) is 0. The van der Waals surface area contributed by atoms with Gasteiger partial charge in [0.05, 0.1) is 24.1 Å². The summed E-state index contributed by atoms with van der Waals surface area (Å²) in [5.74, 6) is -0.375. The fraction of sp³-hybridized carbons (Fsp3) is 0.545. The molecule has 0 saturated carbocycles. The molecule has 3 aromatic heterocycles. The Morgan fingerprint density at radius 1 is 1.32 bits per heavy atom. The standard InChI is InChI=1S/C22H30N8O4/c1-14(25-21(33)34-22(2,3)4)7-10-29-17(13-23-27-29)16-6-5-9-28(16)18-8-11-30-19(26-18)15(12-24-30)20(31)32/h8,11-14,16H,5-7,9-10H2,1-4H3,(H,25,33)(H,31,32)/t14-,16-/m1/s1. The molecule has 1 aliphatic heterocycles. The zero-order valence-electron chi connectivity index (χ0n) is 19.8. The second-order valence-electron chi connectivity index (χ2n) is 9.49. The molecule has 4 rings (SSSR count). The molecule has 12 nitrogen and oxygen atoms in total. The number of carboxylic acids is 1. The normalized spacial score (nSPS) is 17.2. The van der Waals surface area contributed by atoms with Gasteiger partial charge in [-0.2, -0.15) is 5.10 Å². The van der Waals surface area contributed by atoms with Gasteiger partial charge >= 0.3 is 12.1 Å². The Labute approximate surface area is 196 Å². The van der Waals surface area contributed by atoms with E-state index in [-0.39, 0.29) is 17.6 Å². The number of anilines is 1. The molecule has 1 saturated heterocycles. The Hall–Kier alpha value is -3.70. The number of hydrogen-bond donors (Lipinski definition) is 2. The predicted molar refractivity (Wildman–Crippen MR) is 123 cm³/mol. The Kier molecular flexibility index (Phi) is 6.40. The Morgan fingerprint density at radius 2 is 2.12 bits per heavy atom. The number of nitrogens with zero attached hydrogens (tertiary/aromatic N) is 7. The van der Waals surface area contributed by atoms with Gasteiger partial charge in [-0.1, -0.05) is 5.21 Å². The van der Waals surface area contributed by atoms with Crippen LogP contribution in [-0.2, 0) is 11.3 Å². The van der Waals surface area contributed by atoms with Crippen LogP contribution in [0.2, 0.25) is 0 Å². The first-order valence-corrected chi connectivity index (χ1v) is 11.3. The summed E-state index contributed by atoms with van der Waals surface area (Å²) in [5, 5.41) is 24.7. The average Bonchev–Trinajstić information content (AvgIpc) is 3.48. The highest BCUT2D eigenvalue weighted by Gasteiger charge is 2.31. The highest BCUT2D eigenvalue weighted by molar-refractivity contribution is 5.94. The van der Waals surface area contributed by atoms with Gasteiger partial charge in [0.2, 0.25) is 0 Å². The number of rotatable bonds is 7. The lowest BCUT2D eigenvalue weighted by Gasteiger charge is -2.26. The van der Waals surface area contributed by atoms with E-state index in [9.17, 15) is 14.7 Å². The van der Waals surface area contributed by atoms with E-state index in [4.69, 9.17) is 4.74 Å². The second kappa shape index (κ2) is 9.27. The molecule has 4 heterocycles. The number of fused-ring (bicyclic) bond motifs is 1. The molecule has 2 atom stereocenters. The van der Waals surface area contributed by atoms with E-state index < -0.39 is 17.7 Å². The van der Waals surface area contributed by atoms with Crippen LogP contribution in [0.5, 0.6) is 0 Å². The first-order valence-electron chi connectivity index (χ1n) is 11.3. The summed E-state index contributed by atoms with van der Waals surface area (Å²) in [6, 6.07) is 1.74. The van der Waals surface area contributed by atoms with Crippen molar-refractivity contribution in [2.45, 2.75) is 71.2 Å². The van der Waals surface area contributed by atoms with Gasteiger partial charge in [-0.3, -0.25) is 0 Å². The van der Waals surface area contributed by atoms with E-state index >= 15 is 0 Å². The molecular formula is C22H30N8O4. The smallest absolute Gasteiger partial charge is 0.407 e. The van der Waals surface area contributed by atoms with Crippen molar-refractivity contribution in [2.24, 2.45) is 0 Å². The number of nitrogens with one attached hydrogen (secondary N) is 1. The molecule has 34 heavy (non-hydrogen) atoms. The number of hydrogen-bond acceptors (Lipinski definition) is 8. The van der Waals surface area contributed by atoms with Gasteiger partial charge in [-0.05, 0) is 53.0 Å². The molecule has 0 bridgehead atoms. The third-order valence-electron chi connectivity index (χ3n) is 5.66. The lowest BCUT2D eigenvalue weighted by atomic mass is 10.1. The molecular weight excluding hydrogens is 440 g/mol. The van der Waals surface area contributed by atoms with Crippen molar-refractivity contribution in [2.75, 3.05) is 11.4 Å². The summed E-state index contributed by atoms with van der Waals surface area (Å²) < 4.78 is 8.64. The monoisotopic (exact) mass is 470 g/mol. The zero-order valence-corrected chi connectivity index (χ0v) is 19.8. The van der Waals surface area contributed by atoms with Crippen LogP contribution in [0, 0.1) is 0 Å². The van der Waals surface area contributed by atoms with Crippen LogP contribution in [0.3, 0.4) is 0 Å². The maximum absolute atomic E-state index is 12.0. The van der Waals surface area contributed by atoms with Crippen LogP contribution in [-0.4, -0.2) is 64.9 Å². The van der Waals surface area contributed by atoms with Crippen molar-refractivity contribution in [3.05, 3.63) is 35.9 Å². The number of aryl methyl sites for hydroxylation is 1. The van der Waals surface area contributed by atoms with Crippen LogP contribution >= 0.6 is 0 Å². The van der Waals surface area contributed by atoms with Crippen LogP contribution in [0.1, 0.15) is 69.1 Å². The van der Waals surface area contributed by atoms with Gasteiger partial charge in [0, 0.05) is 25.3 Å². The van der Waals surface area contributed by atoms with Gasteiger partial charge in [0.15, 0.2) is 5.65 Å². The summed E-state index contributed by atoms with van der Waals surface area (Å²) in [4.78, 5) is 30.3. The van der Waals surface area contributed by atoms with E-state index in [1.165, 1.54) is 10.7 Å². The average molecular weight is 471 g/mol. The molecule has 3 aromatic rings. The lowest BCUT2D eigenvalue weighted by Crippen LogP contribution is -2.38. The van der Waals surface area contributed by atoms with Crippen molar-refractivity contribution in [1.29, 1.82) is 0 Å². The number of carbonyl (C=O) groups excluding carboxylic acids is 1. The molecule has 0 spiro atoms. The van der Waals surface area contributed by atoms with E-state index in [0.29, 0.717) is 24.4 Å². The zero-order chi connectivity index (χ0) is 24.5. The van der Waals surface area contributed by atoms with E-state index in [1.807, 2.05) is 38.4 Å². The summed E-state index contributed by atoms with van der Waals surface area (Å²) >= 11 is 0. The van der Waals surface area contributed by atoms with Crippen molar-refractivity contribution in [1.82, 2.24) is 34.9 Å². The Morgan fingerprint density at radius 3 is 2.85 bits per heavy atom. The third kappa shape index (κ3) is 5.10. The van der Waals surface area contributed by atoms with Crippen molar-refractivity contribution >= 4 is 23.5 Å². The van der Waals surface area contributed by atoms with E-state index in [1.54, 1.807) is 12.4 Å². The van der Waals surface area contributed by atoms with Gasteiger partial charge in [0.1, 0.15) is 17.0 Å². The summed E-state index contributed by atoms with van der Waals surface area (Å²) in [6.45, 7) is 8.77. The Bertz CT molecular complexity index is 1180. The Balaban J connectivity index is 1.47. The fourth-order valence-electron chi connectivity index (χ4n) is 4.11. The van der Waals surface area contributed by atoms with Gasteiger partial charge < -0.3 is 20.1 Å². The molecule has 1 aliphatic rings. The molecule has 0 aliphatic carbocycles. The van der Waals surface area contributed by atoms with Crippen molar-refractivity contribution in [3.63, 3.8) is 0 Å². The quantitative estimate of drug-likeness (QED) is 0.533. The molecule has 182 valence electrons. The number of amides is 1. The first kappa shape index (κ1) is 23.5. The molecule has 0 unspecified atom stereocenters. The number of carboxylic acid groups (broad SMARTS) is 1. The fourth-order valence-corrected chi connectivity index (χ4v) is 4.11. The lowest BCUT2D eigenvalue weighted by molar-refractivity contribution is 0.0504. The van der Waals surface area contributed by atoms with Gasteiger partial charge in [0.25, 0.3) is 0 Å². The van der Waals surface area contributed by atoms with Crippen molar-refractivity contribution < 1.29 is 19.4 Å². The van der Waals surface area contributed by atoms with E-state index in [0.717, 1.165) is 25.1 Å². The molecule has 2 N–H and O–H groups in total. The minimum atomic E-state index is -1.06. The van der Waals surface area contributed by atoms with Crippen LogP contribution in [0.15, 0.2) is 24.7 Å². The summed E-state index contributed by atoms with van der Waals surface area (Å²) in [5.41, 5.74) is 0.782. The molecule has 1 amide bonds. The highest BCUT2D eigenvalue weighted by atomic mass is 16.6. The molecule has 12 heteroatoms. The largest absolute Gasteiger partial charge is 0.477 e.